The Bertz CT molecular complexity index is 1330. The number of primary amides is 2. The van der Waals surface area contributed by atoms with Crippen LogP contribution in [0.4, 0.5) is 0 Å². The van der Waals surface area contributed by atoms with E-state index >= 15 is 0 Å². The Morgan fingerprint density at radius 3 is 2.18 bits per heavy atom. The minimum absolute atomic E-state index is 0.273. The zero-order chi connectivity index (χ0) is 27.8. The number of benzene rings is 3. The fraction of sp³-hybridized carbons (Fsp3) is 0.303. The van der Waals surface area contributed by atoms with Crippen LogP contribution in [0.15, 0.2) is 72.8 Å². The first-order valence-corrected chi connectivity index (χ1v) is 13.6. The highest BCUT2D eigenvalue weighted by Crippen LogP contribution is 2.30. The molecule has 3 aromatic carbocycles. The van der Waals surface area contributed by atoms with E-state index in [0.717, 1.165) is 17.7 Å². The molecule has 6 heteroatoms. The van der Waals surface area contributed by atoms with Crippen molar-refractivity contribution in [3.63, 3.8) is 0 Å². The normalized spacial score (nSPS) is 14.9. The lowest BCUT2D eigenvalue weighted by atomic mass is 9.83. The Morgan fingerprint density at radius 2 is 1.54 bits per heavy atom. The summed E-state index contributed by atoms with van der Waals surface area (Å²) in [6, 6.07) is 23.5. The van der Waals surface area contributed by atoms with Gasteiger partial charge in [0.25, 0.3) is 5.91 Å². The van der Waals surface area contributed by atoms with Crippen LogP contribution in [0.2, 0.25) is 0 Å². The lowest BCUT2D eigenvalue weighted by molar-refractivity contribution is -0.136. The summed E-state index contributed by atoms with van der Waals surface area (Å²) >= 11 is 0. The second-order valence-electron chi connectivity index (χ2n) is 10.4. The van der Waals surface area contributed by atoms with Crippen LogP contribution >= 0.6 is 0 Å². The van der Waals surface area contributed by atoms with Crippen LogP contribution < -0.4 is 11.5 Å². The summed E-state index contributed by atoms with van der Waals surface area (Å²) in [4.78, 5) is 39.8. The molecule has 1 unspecified atom stereocenters. The van der Waals surface area contributed by atoms with E-state index in [9.17, 15) is 14.4 Å². The summed E-state index contributed by atoms with van der Waals surface area (Å²) in [5.74, 6) is -3.17. The number of Topliss-reactive ketones (excluding diaryl/α,β-unsaturated/α-hetero) is 1. The van der Waals surface area contributed by atoms with Crippen molar-refractivity contribution in [1.82, 2.24) is 4.90 Å². The number of nitrogens with zero attached hydrogens (tertiary/aromatic N) is 1. The third-order valence-corrected chi connectivity index (χ3v) is 7.67. The molecule has 0 saturated heterocycles. The standard InChI is InChI=1S/C33H37N3O3/c1-36(26-11-6-3-7-12-26)22-25-17-15-23(16-18-25)19-20-28-27(13-8-14-29(28)32(34)38)30(31(37)33(35)39)21-24-9-4-2-5-10-24/h2,4-5,8-10,13-20,26,30H,3,6-7,11-12,21-22H2,1H3,(H2,34,38)(H2,35,39)/b20-19+. The first-order chi connectivity index (χ1) is 18.8. The van der Waals surface area contributed by atoms with Gasteiger partial charge in [0.2, 0.25) is 11.7 Å². The zero-order valence-electron chi connectivity index (χ0n) is 22.5. The quantitative estimate of drug-likeness (QED) is 0.269. The topological polar surface area (TPSA) is 106 Å². The summed E-state index contributed by atoms with van der Waals surface area (Å²) in [5, 5.41) is 0. The first kappa shape index (κ1) is 28.0. The summed E-state index contributed by atoms with van der Waals surface area (Å²) in [7, 11) is 2.20. The van der Waals surface area contributed by atoms with E-state index in [2.05, 4.69) is 24.1 Å². The highest BCUT2D eigenvalue weighted by atomic mass is 16.2. The van der Waals surface area contributed by atoms with E-state index in [1.54, 1.807) is 24.3 Å². The summed E-state index contributed by atoms with van der Waals surface area (Å²) in [5.41, 5.74) is 15.6. The number of hydrogen-bond acceptors (Lipinski definition) is 4. The van der Waals surface area contributed by atoms with Gasteiger partial charge in [-0.3, -0.25) is 19.3 Å². The van der Waals surface area contributed by atoms with Crippen molar-refractivity contribution in [2.24, 2.45) is 11.5 Å². The van der Waals surface area contributed by atoms with Crippen LogP contribution in [0.25, 0.3) is 12.2 Å². The molecular weight excluding hydrogens is 486 g/mol. The zero-order valence-corrected chi connectivity index (χ0v) is 22.5. The van der Waals surface area contributed by atoms with Gasteiger partial charge in [-0.1, -0.05) is 98.1 Å². The van der Waals surface area contributed by atoms with Crippen LogP contribution in [0.1, 0.15) is 76.2 Å². The fourth-order valence-corrected chi connectivity index (χ4v) is 5.51. The van der Waals surface area contributed by atoms with Gasteiger partial charge < -0.3 is 11.5 Å². The van der Waals surface area contributed by atoms with Gasteiger partial charge in [-0.15, -0.1) is 0 Å². The van der Waals surface area contributed by atoms with Gasteiger partial charge in [0.1, 0.15) is 0 Å². The summed E-state index contributed by atoms with van der Waals surface area (Å²) < 4.78 is 0. The van der Waals surface area contributed by atoms with E-state index in [1.807, 2.05) is 48.5 Å². The molecule has 1 atom stereocenters. The van der Waals surface area contributed by atoms with E-state index in [1.165, 1.54) is 37.7 Å². The predicted molar refractivity (Wildman–Crippen MR) is 156 cm³/mol. The molecule has 4 N–H and O–H groups in total. The largest absolute Gasteiger partial charge is 0.366 e. The van der Waals surface area contributed by atoms with Crippen molar-refractivity contribution in [1.29, 1.82) is 0 Å². The fourth-order valence-electron chi connectivity index (χ4n) is 5.51. The van der Waals surface area contributed by atoms with Crippen LogP contribution in [-0.2, 0) is 22.6 Å². The number of nitrogens with two attached hydrogens (primary N) is 2. The van der Waals surface area contributed by atoms with Crippen molar-refractivity contribution < 1.29 is 14.4 Å². The Kier molecular flexibility index (Phi) is 9.45. The van der Waals surface area contributed by atoms with E-state index in [0.29, 0.717) is 17.2 Å². The number of rotatable bonds is 11. The molecule has 202 valence electrons. The molecule has 0 heterocycles. The van der Waals surface area contributed by atoms with Crippen molar-refractivity contribution in [3.8, 4) is 0 Å². The molecule has 1 aliphatic carbocycles. The Hall–Kier alpha value is -4.03. The highest BCUT2D eigenvalue weighted by Gasteiger charge is 2.28. The molecule has 0 spiro atoms. The average Bonchev–Trinajstić information content (AvgIpc) is 2.96. The highest BCUT2D eigenvalue weighted by molar-refractivity contribution is 6.37. The molecule has 6 nitrogen and oxygen atoms in total. The minimum Gasteiger partial charge on any atom is -0.366 e. The Balaban J connectivity index is 1.61. The lowest BCUT2D eigenvalue weighted by Crippen LogP contribution is -2.32. The van der Waals surface area contributed by atoms with Gasteiger partial charge in [-0.25, -0.2) is 0 Å². The van der Waals surface area contributed by atoms with Crippen molar-refractivity contribution in [2.75, 3.05) is 7.05 Å². The van der Waals surface area contributed by atoms with Crippen LogP contribution in [-0.4, -0.2) is 35.6 Å². The molecular formula is C33H37N3O3. The Labute approximate surface area is 230 Å². The monoisotopic (exact) mass is 523 g/mol. The van der Waals surface area contributed by atoms with Crippen LogP contribution in [0, 0.1) is 0 Å². The van der Waals surface area contributed by atoms with Gasteiger partial charge >= 0.3 is 0 Å². The van der Waals surface area contributed by atoms with Gasteiger partial charge in [0.05, 0.1) is 5.92 Å². The SMILES string of the molecule is CN(Cc1ccc(/C=C/c2c(C(N)=O)cccc2C(Cc2ccccc2)C(=O)C(N)=O)cc1)C1CCCCC1. The van der Waals surface area contributed by atoms with Gasteiger partial charge in [-0.05, 0) is 60.2 Å². The van der Waals surface area contributed by atoms with Crippen molar-refractivity contribution in [3.05, 3.63) is 106 Å². The summed E-state index contributed by atoms with van der Waals surface area (Å²) in [6.45, 7) is 0.902. The predicted octanol–water partition coefficient (Wildman–Crippen LogP) is 5.10. The minimum atomic E-state index is -1.01. The third-order valence-electron chi connectivity index (χ3n) is 7.67. The maximum Gasteiger partial charge on any atom is 0.285 e. The van der Waals surface area contributed by atoms with Crippen LogP contribution in [0.3, 0.4) is 0 Å². The smallest absolute Gasteiger partial charge is 0.285 e. The third kappa shape index (κ3) is 7.30. The molecule has 1 fully saturated rings. The average molecular weight is 524 g/mol. The van der Waals surface area contributed by atoms with Gasteiger partial charge in [-0.2, -0.15) is 0 Å². The molecule has 0 aliphatic heterocycles. The molecule has 0 aromatic heterocycles. The first-order valence-electron chi connectivity index (χ1n) is 13.6. The van der Waals surface area contributed by atoms with Gasteiger partial charge in [0, 0.05) is 18.2 Å². The number of carbonyl (C=O) groups excluding carboxylic acids is 3. The molecule has 4 rings (SSSR count). The second-order valence-corrected chi connectivity index (χ2v) is 10.4. The van der Waals surface area contributed by atoms with Crippen molar-refractivity contribution >= 4 is 29.7 Å². The van der Waals surface area contributed by atoms with E-state index in [4.69, 9.17) is 11.5 Å². The van der Waals surface area contributed by atoms with E-state index < -0.39 is 23.5 Å². The number of hydrogen-bond donors (Lipinski definition) is 2. The molecule has 3 aromatic rings. The molecule has 0 radical (unpaired) electrons. The maximum atomic E-state index is 13.0. The number of carbonyl (C=O) groups is 3. The second kappa shape index (κ2) is 13.2. The molecule has 0 bridgehead atoms. The maximum absolute atomic E-state index is 13.0. The van der Waals surface area contributed by atoms with E-state index in [-0.39, 0.29) is 12.0 Å². The Morgan fingerprint density at radius 1 is 0.846 bits per heavy atom. The molecule has 1 aliphatic rings. The molecule has 2 amide bonds. The molecule has 1 saturated carbocycles. The summed E-state index contributed by atoms with van der Waals surface area (Å²) in [6.07, 6.45) is 10.5. The number of ketones is 1. The number of amides is 2. The van der Waals surface area contributed by atoms with Crippen LogP contribution in [0.5, 0.6) is 0 Å². The lowest BCUT2D eigenvalue weighted by Gasteiger charge is -2.31. The molecule has 39 heavy (non-hydrogen) atoms. The van der Waals surface area contributed by atoms with Crippen molar-refractivity contribution in [2.45, 2.75) is 57.0 Å². The van der Waals surface area contributed by atoms with Gasteiger partial charge in [0.15, 0.2) is 0 Å².